The first kappa shape index (κ1) is 10.6. The Balaban J connectivity index is 2.46. The molecule has 0 aromatic rings. The topological polar surface area (TPSA) is 84.5 Å². The van der Waals surface area contributed by atoms with Gasteiger partial charge in [-0.05, 0) is 13.3 Å². The van der Waals surface area contributed by atoms with E-state index in [9.17, 15) is 14.4 Å². The number of hydrogen-bond acceptors (Lipinski definition) is 4. The minimum atomic E-state index is -0.820. The van der Waals surface area contributed by atoms with Crippen LogP contribution in [0.1, 0.15) is 13.3 Å². The van der Waals surface area contributed by atoms with Crippen LogP contribution in [0.25, 0.3) is 0 Å². The molecule has 2 N–H and O–H groups in total. The fourth-order valence-corrected chi connectivity index (χ4v) is 1.16. The van der Waals surface area contributed by atoms with E-state index >= 15 is 0 Å². The smallest absolute Gasteiger partial charge is 0.328 e. The molecule has 6 nitrogen and oxygen atoms in total. The van der Waals surface area contributed by atoms with Crippen LogP contribution in [0.4, 0.5) is 4.79 Å². The van der Waals surface area contributed by atoms with Crippen molar-refractivity contribution in [2.75, 3.05) is 13.2 Å². The lowest BCUT2D eigenvalue weighted by Crippen LogP contribution is -2.55. The molecule has 0 bridgehead atoms. The van der Waals surface area contributed by atoms with Gasteiger partial charge in [0.25, 0.3) is 0 Å². The van der Waals surface area contributed by atoms with Gasteiger partial charge in [-0.2, -0.15) is 0 Å². The molecule has 78 valence electrons. The van der Waals surface area contributed by atoms with Gasteiger partial charge in [-0.3, -0.25) is 20.2 Å². The number of carbonyl (C=O) groups excluding carboxylic acids is 3. The molecule has 6 heteroatoms. The summed E-state index contributed by atoms with van der Waals surface area (Å²) in [4.78, 5) is 33.0. The molecule has 0 aromatic heterocycles. The minimum absolute atomic E-state index is 0.290. The largest absolute Gasteiger partial charge is 0.382 e. The molecular weight excluding hydrogens is 188 g/mol. The van der Waals surface area contributed by atoms with Gasteiger partial charge in [0.1, 0.15) is 5.92 Å². The highest BCUT2D eigenvalue weighted by atomic mass is 16.5. The summed E-state index contributed by atoms with van der Waals surface area (Å²) in [5.74, 6) is -1.93. The Morgan fingerprint density at radius 2 is 1.79 bits per heavy atom. The maximum absolute atomic E-state index is 11.2. The molecule has 4 amide bonds. The Morgan fingerprint density at radius 1 is 1.21 bits per heavy atom. The van der Waals surface area contributed by atoms with Crippen molar-refractivity contribution >= 4 is 17.8 Å². The van der Waals surface area contributed by atoms with E-state index in [-0.39, 0.29) is 0 Å². The van der Waals surface area contributed by atoms with Crippen LogP contribution in [0.3, 0.4) is 0 Å². The van der Waals surface area contributed by atoms with Crippen molar-refractivity contribution in [2.24, 2.45) is 5.92 Å². The number of barbiturate groups is 1. The van der Waals surface area contributed by atoms with Crippen LogP contribution in [-0.4, -0.2) is 31.1 Å². The van der Waals surface area contributed by atoms with Gasteiger partial charge in [-0.25, -0.2) is 4.79 Å². The third-order valence-electron chi connectivity index (χ3n) is 1.86. The summed E-state index contributed by atoms with van der Waals surface area (Å²) in [6, 6.07) is -0.757. The van der Waals surface area contributed by atoms with Crippen molar-refractivity contribution < 1.29 is 19.1 Å². The van der Waals surface area contributed by atoms with Crippen LogP contribution >= 0.6 is 0 Å². The zero-order valence-electron chi connectivity index (χ0n) is 7.83. The number of carbonyl (C=O) groups is 3. The van der Waals surface area contributed by atoms with Crippen LogP contribution < -0.4 is 10.6 Å². The molecular formula is C8H12N2O4. The number of amides is 4. The maximum atomic E-state index is 11.2. The number of hydrogen-bond donors (Lipinski definition) is 2. The minimum Gasteiger partial charge on any atom is -0.382 e. The Kier molecular flexibility index (Phi) is 3.58. The second-order valence-electron chi connectivity index (χ2n) is 2.85. The molecule has 1 heterocycles. The van der Waals surface area contributed by atoms with Gasteiger partial charge >= 0.3 is 6.03 Å². The standard InChI is InChI=1S/C8H12N2O4/c1-2-14-4-3-5-6(11)9-8(13)10-7(5)12/h5H,2-4H2,1H3,(H2,9,10,11,12,13). The summed E-state index contributed by atoms with van der Waals surface area (Å²) in [5, 5.41) is 4.04. The van der Waals surface area contributed by atoms with Crippen molar-refractivity contribution in [3.8, 4) is 0 Å². The SMILES string of the molecule is CCOCCC1C(=O)NC(=O)NC1=O. The molecule has 1 aliphatic heterocycles. The van der Waals surface area contributed by atoms with E-state index in [2.05, 4.69) is 0 Å². The molecule has 1 saturated heterocycles. The molecule has 0 spiro atoms. The van der Waals surface area contributed by atoms with E-state index in [1.54, 1.807) is 0 Å². The van der Waals surface area contributed by atoms with Crippen molar-refractivity contribution in [3.05, 3.63) is 0 Å². The van der Waals surface area contributed by atoms with Crippen LogP contribution in [0.15, 0.2) is 0 Å². The summed E-state index contributed by atoms with van der Waals surface area (Å²) in [6.07, 6.45) is 0.290. The fourth-order valence-electron chi connectivity index (χ4n) is 1.16. The summed E-state index contributed by atoms with van der Waals surface area (Å²) in [7, 11) is 0. The first-order valence-corrected chi connectivity index (χ1v) is 4.38. The first-order valence-electron chi connectivity index (χ1n) is 4.38. The Hall–Kier alpha value is -1.43. The quantitative estimate of drug-likeness (QED) is 0.468. The average Bonchev–Trinajstić information content (AvgIpc) is 2.09. The van der Waals surface area contributed by atoms with Gasteiger partial charge in [-0.1, -0.05) is 0 Å². The van der Waals surface area contributed by atoms with Gasteiger partial charge in [-0.15, -0.1) is 0 Å². The number of nitrogens with one attached hydrogen (secondary N) is 2. The second-order valence-corrected chi connectivity index (χ2v) is 2.85. The lowest BCUT2D eigenvalue weighted by Gasteiger charge is -2.20. The number of ether oxygens (including phenoxy) is 1. The van der Waals surface area contributed by atoms with Crippen LogP contribution in [0, 0.1) is 5.92 Å². The summed E-state index contributed by atoms with van der Waals surface area (Å²) in [5.41, 5.74) is 0. The summed E-state index contributed by atoms with van der Waals surface area (Å²) < 4.78 is 5.01. The van der Waals surface area contributed by atoms with E-state index in [0.717, 1.165) is 0 Å². The average molecular weight is 200 g/mol. The van der Waals surface area contributed by atoms with Gasteiger partial charge in [0.15, 0.2) is 0 Å². The van der Waals surface area contributed by atoms with Crippen LogP contribution in [-0.2, 0) is 14.3 Å². The normalized spacial score (nSPS) is 17.9. The Bertz CT molecular complexity index is 244. The van der Waals surface area contributed by atoms with Gasteiger partial charge in [0.05, 0.1) is 0 Å². The van der Waals surface area contributed by atoms with Crippen molar-refractivity contribution in [3.63, 3.8) is 0 Å². The zero-order chi connectivity index (χ0) is 10.6. The molecule has 1 rings (SSSR count). The van der Waals surface area contributed by atoms with Gasteiger partial charge < -0.3 is 4.74 Å². The Morgan fingerprint density at radius 3 is 2.29 bits per heavy atom. The number of rotatable bonds is 4. The highest BCUT2D eigenvalue weighted by Gasteiger charge is 2.33. The van der Waals surface area contributed by atoms with E-state index in [0.29, 0.717) is 19.6 Å². The van der Waals surface area contributed by atoms with E-state index in [1.165, 1.54) is 0 Å². The third-order valence-corrected chi connectivity index (χ3v) is 1.86. The lowest BCUT2D eigenvalue weighted by atomic mass is 10.0. The van der Waals surface area contributed by atoms with Crippen molar-refractivity contribution in [2.45, 2.75) is 13.3 Å². The predicted molar refractivity (Wildman–Crippen MR) is 46.3 cm³/mol. The summed E-state index contributed by atoms with van der Waals surface area (Å²) in [6.45, 7) is 2.69. The first-order chi connectivity index (χ1) is 6.65. The maximum Gasteiger partial charge on any atom is 0.328 e. The highest BCUT2D eigenvalue weighted by Crippen LogP contribution is 2.07. The molecule has 0 aliphatic carbocycles. The molecule has 1 fully saturated rings. The molecule has 1 aliphatic rings. The monoisotopic (exact) mass is 200 g/mol. The molecule has 14 heavy (non-hydrogen) atoms. The number of imide groups is 2. The summed E-state index contributed by atoms with van der Waals surface area (Å²) >= 11 is 0. The molecule has 0 aromatic carbocycles. The Labute approximate surface area is 81.0 Å². The fraction of sp³-hybridized carbons (Fsp3) is 0.625. The van der Waals surface area contributed by atoms with Crippen LogP contribution in [0.2, 0.25) is 0 Å². The molecule has 0 atom stereocenters. The second kappa shape index (κ2) is 4.71. The van der Waals surface area contributed by atoms with E-state index in [4.69, 9.17) is 4.74 Å². The lowest BCUT2D eigenvalue weighted by molar-refractivity contribution is -0.136. The van der Waals surface area contributed by atoms with Gasteiger partial charge in [0.2, 0.25) is 11.8 Å². The molecule has 0 saturated carbocycles. The molecule has 0 radical (unpaired) electrons. The van der Waals surface area contributed by atoms with Gasteiger partial charge in [0, 0.05) is 13.2 Å². The zero-order valence-corrected chi connectivity index (χ0v) is 7.83. The highest BCUT2D eigenvalue weighted by molar-refractivity contribution is 6.16. The van der Waals surface area contributed by atoms with E-state index in [1.807, 2.05) is 17.6 Å². The van der Waals surface area contributed by atoms with Crippen molar-refractivity contribution in [1.82, 2.24) is 10.6 Å². The van der Waals surface area contributed by atoms with Crippen LogP contribution in [0.5, 0.6) is 0 Å². The molecule has 0 unspecified atom stereocenters. The van der Waals surface area contributed by atoms with E-state index < -0.39 is 23.8 Å². The predicted octanol–water partition coefficient (Wildman–Crippen LogP) is -0.605. The number of urea groups is 1. The van der Waals surface area contributed by atoms with Crippen molar-refractivity contribution in [1.29, 1.82) is 0 Å². The third kappa shape index (κ3) is 2.53.